The normalized spacial score (nSPS) is 26.2. The Morgan fingerprint density at radius 3 is 2.59 bits per heavy atom. The van der Waals surface area contributed by atoms with Crippen molar-refractivity contribution in [3.05, 3.63) is 53.1 Å². The van der Waals surface area contributed by atoms with Gasteiger partial charge in [-0.1, -0.05) is 12.1 Å². The molecule has 6 nitrogen and oxygen atoms in total. The quantitative estimate of drug-likeness (QED) is 0.853. The Labute approximate surface area is 164 Å². The van der Waals surface area contributed by atoms with Crippen molar-refractivity contribution in [1.82, 2.24) is 14.9 Å². The summed E-state index contributed by atoms with van der Waals surface area (Å²) in [6.07, 6.45) is 1.77. The van der Waals surface area contributed by atoms with E-state index in [2.05, 4.69) is 15.3 Å². The van der Waals surface area contributed by atoms with Gasteiger partial charge in [0.25, 0.3) is 5.91 Å². The Morgan fingerprint density at radius 2 is 1.97 bits per heavy atom. The number of anilines is 1. The number of hydrogen-bond acceptors (Lipinski definition) is 4. The topological polar surface area (TPSA) is 75.2 Å². The molecule has 1 spiro atoms. The molecule has 2 atom stereocenters. The average Bonchev–Trinajstić information content (AvgIpc) is 3.59. The highest BCUT2D eigenvalue weighted by molar-refractivity contribution is 6.01. The zero-order valence-electron chi connectivity index (χ0n) is 15.3. The predicted molar refractivity (Wildman–Crippen MR) is 96.2 cm³/mol. The molecular weight excluding hydrogens is 385 g/mol. The third-order valence-corrected chi connectivity index (χ3v) is 5.94. The summed E-state index contributed by atoms with van der Waals surface area (Å²) in [6.45, 7) is -0.275. The summed E-state index contributed by atoms with van der Waals surface area (Å²) in [4.78, 5) is 33.8. The van der Waals surface area contributed by atoms with Crippen molar-refractivity contribution in [3.63, 3.8) is 0 Å². The third-order valence-electron chi connectivity index (χ3n) is 5.94. The molecule has 1 N–H and O–H groups in total. The average molecular weight is 402 g/mol. The van der Waals surface area contributed by atoms with Crippen LogP contribution in [0.4, 0.5) is 19.1 Å². The van der Waals surface area contributed by atoms with Crippen LogP contribution < -0.4 is 5.32 Å². The molecule has 2 heterocycles. The first-order valence-corrected chi connectivity index (χ1v) is 9.35. The van der Waals surface area contributed by atoms with E-state index < -0.39 is 34.9 Å². The van der Waals surface area contributed by atoms with Crippen LogP contribution in [0.15, 0.2) is 30.6 Å². The second kappa shape index (κ2) is 6.01. The number of carbonyl (C=O) groups is 2. The van der Waals surface area contributed by atoms with E-state index in [9.17, 15) is 22.8 Å². The Bertz CT molecular complexity index is 1020. The van der Waals surface area contributed by atoms with Gasteiger partial charge in [-0.15, -0.1) is 0 Å². The molecular formula is C20H17F3N4O2. The molecule has 150 valence electrons. The Morgan fingerprint density at radius 1 is 1.28 bits per heavy atom. The summed E-state index contributed by atoms with van der Waals surface area (Å²) in [5, 5.41) is 2.39. The summed E-state index contributed by atoms with van der Waals surface area (Å²) in [7, 11) is 0. The monoisotopic (exact) mass is 402 g/mol. The van der Waals surface area contributed by atoms with Crippen LogP contribution in [0.1, 0.15) is 40.7 Å². The second-order valence-corrected chi connectivity index (χ2v) is 7.99. The van der Waals surface area contributed by atoms with E-state index in [-0.39, 0.29) is 25.5 Å². The van der Waals surface area contributed by atoms with Crippen molar-refractivity contribution in [2.75, 3.05) is 18.4 Å². The summed E-state index contributed by atoms with van der Waals surface area (Å²) in [5.74, 6) is -1.71. The molecule has 2 fully saturated rings. The van der Waals surface area contributed by atoms with Gasteiger partial charge in [0.2, 0.25) is 11.9 Å². The molecule has 2 aliphatic carbocycles. The lowest BCUT2D eigenvalue weighted by molar-refractivity contribution is -0.117. The van der Waals surface area contributed by atoms with Crippen LogP contribution in [0.25, 0.3) is 0 Å². The van der Waals surface area contributed by atoms with Crippen molar-refractivity contribution in [3.8, 4) is 0 Å². The van der Waals surface area contributed by atoms with Gasteiger partial charge in [-0.3, -0.25) is 14.9 Å². The first kappa shape index (κ1) is 18.1. The van der Waals surface area contributed by atoms with E-state index >= 15 is 0 Å². The lowest BCUT2D eigenvalue weighted by atomic mass is 9.84. The largest absolute Gasteiger partial charge is 0.328 e. The maximum absolute atomic E-state index is 14.5. The van der Waals surface area contributed by atoms with E-state index in [1.807, 2.05) is 0 Å². The lowest BCUT2D eigenvalue weighted by Crippen LogP contribution is -2.47. The van der Waals surface area contributed by atoms with Crippen LogP contribution in [-0.4, -0.2) is 45.9 Å². The van der Waals surface area contributed by atoms with E-state index in [4.69, 9.17) is 0 Å². The first-order chi connectivity index (χ1) is 13.8. The second-order valence-electron chi connectivity index (χ2n) is 7.99. The lowest BCUT2D eigenvalue weighted by Gasteiger charge is -2.34. The molecule has 0 radical (unpaired) electrons. The number of nitrogens with one attached hydrogen (secondary N) is 1. The number of carbonyl (C=O) groups excluding carboxylic acids is 2. The highest BCUT2D eigenvalue weighted by Crippen LogP contribution is 2.57. The predicted octanol–water partition coefficient (Wildman–Crippen LogP) is 2.65. The number of rotatable bonds is 4. The van der Waals surface area contributed by atoms with E-state index in [0.29, 0.717) is 29.5 Å². The SMILES string of the molecule is O=C(CN1C[C@]2(C[C@@H]2F)c2cc(C3(F)CC3)ccc2C1=O)Nc1ncc(F)cn1. The molecule has 2 aromatic rings. The first-order valence-electron chi connectivity index (χ1n) is 9.35. The molecule has 2 saturated carbocycles. The summed E-state index contributed by atoms with van der Waals surface area (Å²) >= 11 is 0. The van der Waals surface area contributed by atoms with Gasteiger partial charge < -0.3 is 4.90 Å². The maximum atomic E-state index is 14.5. The Balaban J connectivity index is 1.39. The number of aromatic nitrogens is 2. The summed E-state index contributed by atoms with van der Waals surface area (Å²) in [5.41, 5.74) is -0.934. The third kappa shape index (κ3) is 2.95. The minimum atomic E-state index is -1.37. The summed E-state index contributed by atoms with van der Waals surface area (Å²) < 4.78 is 41.8. The molecule has 0 bridgehead atoms. The number of alkyl halides is 2. The number of fused-ring (bicyclic) bond motifs is 2. The molecule has 9 heteroatoms. The maximum Gasteiger partial charge on any atom is 0.254 e. The van der Waals surface area contributed by atoms with Crippen LogP contribution in [0.2, 0.25) is 0 Å². The molecule has 1 aliphatic heterocycles. The molecule has 1 aromatic heterocycles. The van der Waals surface area contributed by atoms with Crippen LogP contribution in [-0.2, 0) is 15.9 Å². The van der Waals surface area contributed by atoms with Crippen molar-refractivity contribution in [1.29, 1.82) is 0 Å². The molecule has 29 heavy (non-hydrogen) atoms. The highest BCUT2D eigenvalue weighted by Gasteiger charge is 2.61. The zero-order valence-corrected chi connectivity index (χ0v) is 15.3. The number of halogens is 3. The minimum absolute atomic E-state index is 0.0421. The van der Waals surface area contributed by atoms with E-state index in [1.165, 1.54) is 11.0 Å². The van der Waals surface area contributed by atoms with Crippen LogP contribution in [0.5, 0.6) is 0 Å². The smallest absolute Gasteiger partial charge is 0.254 e. The van der Waals surface area contributed by atoms with Gasteiger partial charge in [0.15, 0.2) is 5.82 Å². The highest BCUT2D eigenvalue weighted by atomic mass is 19.1. The minimum Gasteiger partial charge on any atom is -0.328 e. The Hall–Kier alpha value is -2.97. The fourth-order valence-electron chi connectivity index (χ4n) is 4.03. The van der Waals surface area contributed by atoms with Gasteiger partial charge in [-0.25, -0.2) is 23.1 Å². The number of hydrogen-bond donors (Lipinski definition) is 1. The van der Waals surface area contributed by atoms with Gasteiger partial charge in [-0.05, 0) is 36.5 Å². The van der Waals surface area contributed by atoms with Gasteiger partial charge in [0, 0.05) is 17.5 Å². The zero-order chi connectivity index (χ0) is 20.4. The molecule has 2 amide bonds. The fraction of sp³-hybridized carbons (Fsp3) is 0.400. The molecule has 0 unspecified atom stereocenters. The molecule has 1 aromatic carbocycles. The van der Waals surface area contributed by atoms with Crippen molar-refractivity contribution < 1.29 is 22.8 Å². The van der Waals surface area contributed by atoms with Gasteiger partial charge in [0.05, 0.1) is 12.4 Å². The molecule has 5 rings (SSSR count). The summed E-state index contributed by atoms with van der Waals surface area (Å²) in [6, 6.07) is 4.74. The van der Waals surface area contributed by atoms with E-state index in [1.54, 1.807) is 12.1 Å². The van der Waals surface area contributed by atoms with Crippen molar-refractivity contribution in [2.45, 2.75) is 36.5 Å². The van der Waals surface area contributed by atoms with Crippen LogP contribution >= 0.6 is 0 Å². The fourth-order valence-corrected chi connectivity index (χ4v) is 4.03. The van der Waals surface area contributed by atoms with Gasteiger partial charge in [0.1, 0.15) is 18.4 Å². The van der Waals surface area contributed by atoms with Crippen molar-refractivity contribution in [2.24, 2.45) is 0 Å². The van der Waals surface area contributed by atoms with Gasteiger partial charge >= 0.3 is 0 Å². The van der Waals surface area contributed by atoms with Crippen LogP contribution in [0.3, 0.4) is 0 Å². The van der Waals surface area contributed by atoms with E-state index in [0.717, 1.165) is 12.4 Å². The van der Waals surface area contributed by atoms with Crippen molar-refractivity contribution >= 4 is 17.8 Å². The number of nitrogens with zero attached hydrogens (tertiary/aromatic N) is 3. The Kier molecular flexibility index (Phi) is 3.75. The number of amides is 2. The molecule has 3 aliphatic rings. The van der Waals surface area contributed by atoms with Gasteiger partial charge in [-0.2, -0.15) is 0 Å². The number of benzene rings is 1. The van der Waals surface area contributed by atoms with Crippen LogP contribution in [0, 0.1) is 5.82 Å². The standard InChI is InChI=1S/C20H17F3N4O2/c21-12-7-24-18(25-8-12)26-16(28)9-27-10-19(6-15(19)22)14-5-11(20(23)3-4-20)1-2-13(14)17(27)29/h1-2,5,7-8,15H,3-4,6,9-10H2,(H,24,25,26,28)/t15-,19+/m0/s1. The molecule has 0 saturated heterocycles.